The standard InChI is InChI=1S/C15H15N5O4/c1-18-13-12(14(23)19(2)15(18)24)20(8-11(21)22)10(17-13)6-9-4-3-5-16-7-9/h3-5,7H,6,8H2,1-2H3,(H,21,22). The van der Waals surface area contributed by atoms with E-state index in [0.29, 0.717) is 12.2 Å². The lowest BCUT2D eigenvalue weighted by atomic mass is 10.2. The molecule has 9 nitrogen and oxygen atoms in total. The van der Waals surface area contributed by atoms with Crippen molar-refractivity contribution in [3.8, 4) is 0 Å². The summed E-state index contributed by atoms with van der Waals surface area (Å²) in [5, 5.41) is 9.18. The number of carboxylic acid groups (broad SMARTS) is 1. The Hall–Kier alpha value is -3.23. The minimum absolute atomic E-state index is 0.0980. The van der Waals surface area contributed by atoms with E-state index in [1.54, 1.807) is 18.5 Å². The van der Waals surface area contributed by atoms with Gasteiger partial charge < -0.3 is 9.67 Å². The molecule has 0 amide bonds. The van der Waals surface area contributed by atoms with Gasteiger partial charge in [-0.15, -0.1) is 0 Å². The van der Waals surface area contributed by atoms with Crippen molar-refractivity contribution in [1.82, 2.24) is 23.7 Å². The summed E-state index contributed by atoms with van der Waals surface area (Å²) in [6, 6.07) is 3.59. The van der Waals surface area contributed by atoms with Crippen molar-refractivity contribution in [2.24, 2.45) is 14.1 Å². The van der Waals surface area contributed by atoms with Crippen LogP contribution in [0.1, 0.15) is 11.4 Å². The third-order valence-corrected chi connectivity index (χ3v) is 3.81. The van der Waals surface area contributed by atoms with E-state index in [9.17, 15) is 19.5 Å². The van der Waals surface area contributed by atoms with E-state index < -0.39 is 23.8 Å². The van der Waals surface area contributed by atoms with Gasteiger partial charge in [-0.25, -0.2) is 9.78 Å². The van der Waals surface area contributed by atoms with E-state index in [-0.39, 0.29) is 11.2 Å². The van der Waals surface area contributed by atoms with Gasteiger partial charge in [-0.2, -0.15) is 0 Å². The molecule has 0 aromatic carbocycles. The minimum atomic E-state index is -1.10. The molecule has 0 fully saturated rings. The van der Waals surface area contributed by atoms with Crippen LogP contribution in [0.3, 0.4) is 0 Å². The second kappa shape index (κ2) is 5.76. The van der Waals surface area contributed by atoms with Gasteiger partial charge in [-0.1, -0.05) is 6.07 Å². The van der Waals surface area contributed by atoms with Crippen LogP contribution in [0.4, 0.5) is 0 Å². The molecule has 1 N–H and O–H groups in total. The van der Waals surface area contributed by atoms with Crippen LogP contribution in [0.15, 0.2) is 34.1 Å². The maximum Gasteiger partial charge on any atom is 0.332 e. The number of pyridine rings is 1. The molecular weight excluding hydrogens is 314 g/mol. The number of hydrogen-bond donors (Lipinski definition) is 1. The predicted octanol–water partition coefficient (Wildman–Crippen LogP) is -0.496. The van der Waals surface area contributed by atoms with Crippen molar-refractivity contribution in [2.45, 2.75) is 13.0 Å². The van der Waals surface area contributed by atoms with Gasteiger partial charge in [-0.05, 0) is 11.6 Å². The average molecular weight is 329 g/mol. The van der Waals surface area contributed by atoms with Crippen molar-refractivity contribution in [2.75, 3.05) is 0 Å². The van der Waals surface area contributed by atoms with Gasteiger partial charge in [0.2, 0.25) is 0 Å². The van der Waals surface area contributed by atoms with Gasteiger partial charge in [0.1, 0.15) is 12.4 Å². The molecule has 0 spiro atoms. The molecule has 0 aliphatic carbocycles. The molecule has 3 heterocycles. The van der Waals surface area contributed by atoms with Gasteiger partial charge in [-0.3, -0.25) is 23.7 Å². The fourth-order valence-electron chi connectivity index (χ4n) is 2.62. The number of imidazole rings is 1. The van der Waals surface area contributed by atoms with Gasteiger partial charge in [0, 0.05) is 32.9 Å². The number of rotatable bonds is 4. The van der Waals surface area contributed by atoms with Crippen molar-refractivity contribution in [3.63, 3.8) is 0 Å². The van der Waals surface area contributed by atoms with Gasteiger partial charge in [0.25, 0.3) is 5.56 Å². The number of hydrogen-bond acceptors (Lipinski definition) is 5. The van der Waals surface area contributed by atoms with Gasteiger partial charge >= 0.3 is 11.7 Å². The Labute approximate surface area is 135 Å². The van der Waals surface area contributed by atoms with E-state index in [1.165, 1.54) is 23.2 Å². The topological polar surface area (TPSA) is 112 Å². The molecule has 3 aromatic heterocycles. The van der Waals surface area contributed by atoms with E-state index in [0.717, 1.165) is 10.1 Å². The number of aliphatic carboxylic acids is 1. The van der Waals surface area contributed by atoms with Crippen molar-refractivity contribution in [3.05, 3.63) is 56.8 Å². The molecule has 0 bridgehead atoms. The first-order valence-electron chi connectivity index (χ1n) is 7.16. The Kier molecular flexibility index (Phi) is 3.76. The summed E-state index contributed by atoms with van der Waals surface area (Å²) in [6.45, 7) is -0.417. The van der Waals surface area contributed by atoms with Crippen molar-refractivity contribution in [1.29, 1.82) is 0 Å². The van der Waals surface area contributed by atoms with Gasteiger partial charge in [0.05, 0.1) is 0 Å². The Bertz CT molecular complexity index is 1050. The lowest BCUT2D eigenvalue weighted by Gasteiger charge is -2.07. The molecule has 24 heavy (non-hydrogen) atoms. The predicted molar refractivity (Wildman–Crippen MR) is 84.9 cm³/mol. The summed E-state index contributed by atoms with van der Waals surface area (Å²) in [6.07, 6.45) is 3.57. The molecule has 0 saturated heterocycles. The third-order valence-electron chi connectivity index (χ3n) is 3.81. The third kappa shape index (κ3) is 2.49. The monoisotopic (exact) mass is 329 g/mol. The molecule has 9 heteroatoms. The SMILES string of the molecule is Cn1c(=O)c2c(nc(Cc3cccnc3)n2CC(=O)O)n(C)c1=O. The molecule has 3 aromatic rings. The van der Waals surface area contributed by atoms with Crippen LogP contribution >= 0.6 is 0 Å². The number of aryl methyl sites for hydroxylation is 1. The summed E-state index contributed by atoms with van der Waals surface area (Å²) < 4.78 is 3.52. The lowest BCUT2D eigenvalue weighted by Crippen LogP contribution is -2.37. The average Bonchev–Trinajstić information content (AvgIpc) is 2.90. The smallest absolute Gasteiger partial charge is 0.332 e. The highest BCUT2D eigenvalue weighted by Crippen LogP contribution is 2.14. The number of fused-ring (bicyclic) bond motifs is 1. The molecule has 0 radical (unpaired) electrons. The zero-order valence-electron chi connectivity index (χ0n) is 13.1. The Morgan fingerprint density at radius 1 is 1.25 bits per heavy atom. The van der Waals surface area contributed by atoms with Crippen LogP contribution < -0.4 is 11.2 Å². The Morgan fingerprint density at radius 2 is 2.00 bits per heavy atom. The molecule has 0 saturated carbocycles. The summed E-state index contributed by atoms with van der Waals surface area (Å²) in [7, 11) is 2.85. The minimum Gasteiger partial charge on any atom is -0.480 e. The van der Waals surface area contributed by atoms with Crippen LogP contribution in [0, 0.1) is 0 Å². The summed E-state index contributed by atoms with van der Waals surface area (Å²) in [5.74, 6) is -0.712. The lowest BCUT2D eigenvalue weighted by molar-refractivity contribution is -0.137. The second-order valence-corrected chi connectivity index (χ2v) is 5.42. The summed E-state index contributed by atoms with van der Waals surface area (Å²) in [5.41, 5.74) is 0.00471. The van der Waals surface area contributed by atoms with Crippen LogP contribution in [-0.2, 0) is 31.9 Å². The number of aromatic nitrogens is 5. The zero-order valence-corrected chi connectivity index (χ0v) is 13.1. The summed E-state index contributed by atoms with van der Waals surface area (Å²) >= 11 is 0. The maximum absolute atomic E-state index is 12.5. The van der Waals surface area contributed by atoms with Crippen LogP contribution in [0.2, 0.25) is 0 Å². The highest BCUT2D eigenvalue weighted by atomic mass is 16.4. The largest absolute Gasteiger partial charge is 0.480 e. The second-order valence-electron chi connectivity index (χ2n) is 5.42. The Morgan fingerprint density at radius 3 is 2.62 bits per heavy atom. The zero-order chi connectivity index (χ0) is 17.4. The quantitative estimate of drug-likeness (QED) is 0.691. The maximum atomic E-state index is 12.5. The molecule has 124 valence electrons. The number of carboxylic acids is 1. The van der Waals surface area contributed by atoms with Gasteiger partial charge in [0.15, 0.2) is 11.2 Å². The van der Waals surface area contributed by atoms with E-state index in [4.69, 9.17) is 0 Å². The van der Waals surface area contributed by atoms with Crippen LogP contribution in [0.5, 0.6) is 0 Å². The van der Waals surface area contributed by atoms with E-state index in [1.807, 2.05) is 6.07 Å². The van der Waals surface area contributed by atoms with E-state index >= 15 is 0 Å². The van der Waals surface area contributed by atoms with Crippen LogP contribution in [0.25, 0.3) is 11.2 Å². The molecule has 0 unspecified atom stereocenters. The van der Waals surface area contributed by atoms with E-state index in [2.05, 4.69) is 9.97 Å². The molecular formula is C15H15N5O4. The first-order valence-corrected chi connectivity index (χ1v) is 7.16. The highest BCUT2D eigenvalue weighted by Gasteiger charge is 2.20. The highest BCUT2D eigenvalue weighted by molar-refractivity contribution is 5.75. The summed E-state index contributed by atoms with van der Waals surface area (Å²) in [4.78, 5) is 44.1. The molecule has 3 rings (SSSR count). The van der Waals surface area contributed by atoms with Crippen LogP contribution in [-0.4, -0.2) is 34.7 Å². The fraction of sp³-hybridized carbons (Fsp3) is 0.267. The Balaban J connectivity index is 2.31. The number of nitrogens with zero attached hydrogens (tertiary/aromatic N) is 5. The molecule has 0 aliphatic rings. The first kappa shape index (κ1) is 15.7. The number of carbonyl (C=O) groups is 1. The normalized spacial score (nSPS) is 11.1. The fourth-order valence-corrected chi connectivity index (χ4v) is 2.62. The molecule has 0 aliphatic heterocycles. The van der Waals surface area contributed by atoms with Crippen molar-refractivity contribution >= 4 is 17.1 Å². The molecule has 0 atom stereocenters. The van der Waals surface area contributed by atoms with Crippen molar-refractivity contribution < 1.29 is 9.90 Å². The first-order chi connectivity index (χ1) is 11.4.